The Bertz CT molecular complexity index is 1560. The topological polar surface area (TPSA) is 175 Å². The maximum absolute atomic E-state index is 13.3. The number of aromatic nitrogens is 1. The Hall–Kier alpha value is -3.52. The van der Waals surface area contributed by atoms with Crippen molar-refractivity contribution in [3.8, 4) is 0 Å². The molecule has 4 aliphatic heterocycles. The van der Waals surface area contributed by atoms with E-state index in [9.17, 15) is 24.3 Å². The number of hydrogen-bond donors (Lipinski definition) is 4. The number of nitrogens with one attached hydrogen (secondary N) is 3. The predicted octanol–water partition coefficient (Wildman–Crippen LogP) is 4.34. The summed E-state index contributed by atoms with van der Waals surface area (Å²) in [4.78, 5) is 66.7. The van der Waals surface area contributed by atoms with Crippen LogP contribution in [0.25, 0.3) is 10.9 Å². The Morgan fingerprint density at radius 3 is 2.55 bits per heavy atom. The van der Waals surface area contributed by atoms with Gasteiger partial charge in [-0.15, -0.1) is 0 Å². The first-order valence-electron chi connectivity index (χ1n) is 17.6. The lowest BCUT2D eigenvalue weighted by atomic mass is 9.58. The molecule has 13 nitrogen and oxygen atoms in total. The van der Waals surface area contributed by atoms with Gasteiger partial charge < -0.3 is 34.9 Å². The van der Waals surface area contributed by atoms with Gasteiger partial charge in [0, 0.05) is 48.2 Å². The first kappa shape index (κ1) is 35.3. The van der Waals surface area contributed by atoms with Crippen LogP contribution in [0.15, 0.2) is 30.5 Å². The molecule has 2 bridgehead atoms. The lowest BCUT2D eigenvalue weighted by molar-refractivity contribution is -0.576. The molecular formula is C36H49N3O10. The highest BCUT2D eigenvalue weighted by molar-refractivity contribution is 5.91. The quantitative estimate of drug-likeness (QED) is 0.186. The Morgan fingerprint density at radius 1 is 1.02 bits per heavy atom. The summed E-state index contributed by atoms with van der Waals surface area (Å²) in [6.07, 6.45) is 3.39. The molecule has 0 radical (unpaired) electrons. The largest absolute Gasteiger partial charge is 0.480 e. The van der Waals surface area contributed by atoms with E-state index in [0.29, 0.717) is 12.3 Å². The van der Waals surface area contributed by atoms with E-state index in [1.165, 1.54) is 0 Å². The smallest absolute Gasteiger partial charge is 0.326 e. The van der Waals surface area contributed by atoms with Crippen molar-refractivity contribution in [2.75, 3.05) is 0 Å². The fraction of sp³-hybridized carbons (Fsp3) is 0.667. The molecule has 268 valence electrons. The average Bonchev–Trinajstić information content (AvgIpc) is 3.32. The van der Waals surface area contributed by atoms with Crippen molar-refractivity contribution in [1.82, 2.24) is 15.6 Å². The predicted molar refractivity (Wildman–Crippen MR) is 175 cm³/mol. The first-order chi connectivity index (χ1) is 23.3. The second-order valence-corrected chi connectivity index (χ2v) is 15.0. The minimum Gasteiger partial charge on any atom is -0.480 e. The van der Waals surface area contributed by atoms with E-state index in [2.05, 4.69) is 22.5 Å². The standard InChI is InChI=1S/C36H49N3O10/c1-19(2)16-27(31(42)39-28(32(43)44)17-22-18-37-26-9-7-6-8-23(22)26)38-29(40)12-13-30(41)45-33-21(4)25-11-10-20(3)24-14-15-35(5)47-34(46-33)36(24,25)49-48-35/h6-9,18-21,24-25,27-28,33-34,37H,10-17H2,1-5H3,(H,38,40)(H,39,42)(H,43,44)/t20-,21-,24+,25-,27+,28+,33-,34+,35+,36-/m1/s1. The lowest BCUT2D eigenvalue weighted by Crippen LogP contribution is -2.70. The van der Waals surface area contributed by atoms with Gasteiger partial charge in [0.05, 0.1) is 6.42 Å². The molecule has 1 aromatic carbocycles. The van der Waals surface area contributed by atoms with Crippen molar-refractivity contribution in [2.45, 2.75) is 122 Å². The van der Waals surface area contributed by atoms with Gasteiger partial charge in [0.25, 0.3) is 0 Å². The van der Waals surface area contributed by atoms with Crippen LogP contribution < -0.4 is 10.6 Å². The third kappa shape index (κ3) is 7.08. The number of carbonyl (C=O) groups excluding carboxylic acids is 3. The minimum absolute atomic E-state index is 0.0166. The Morgan fingerprint density at radius 2 is 1.80 bits per heavy atom. The van der Waals surface area contributed by atoms with E-state index in [-0.39, 0.29) is 49.4 Å². The number of benzene rings is 1. The van der Waals surface area contributed by atoms with Gasteiger partial charge in [0.15, 0.2) is 11.9 Å². The second kappa shape index (κ2) is 14.0. The molecule has 7 rings (SSSR count). The molecule has 1 aromatic heterocycles. The molecule has 4 saturated heterocycles. The number of fused-ring (bicyclic) bond motifs is 3. The van der Waals surface area contributed by atoms with Crippen LogP contribution in [0.3, 0.4) is 0 Å². The molecule has 49 heavy (non-hydrogen) atoms. The number of carbonyl (C=O) groups is 4. The number of aliphatic carboxylic acids is 1. The average molecular weight is 684 g/mol. The van der Waals surface area contributed by atoms with E-state index in [1.54, 1.807) is 6.20 Å². The first-order valence-corrected chi connectivity index (χ1v) is 17.6. The number of carboxylic acid groups (broad SMARTS) is 1. The van der Waals surface area contributed by atoms with Gasteiger partial charge in [-0.1, -0.05) is 45.9 Å². The van der Waals surface area contributed by atoms with Gasteiger partial charge in [-0.25, -0.2) is 14.6 Å². The van der Waals surface area contributed by atoms with E-state index in [0.717, 1.165) is 35.7 Å². The maximum atomic E-state index is 13.3. The molecule has 13 heteroatoms. The molecule has 1 saturated carbocycles. The number of esters is 1. The zero-order valence-corrected chi connectivity index (χ0v) is 28.9. The monoisotopic (exact) mass is 683 g/mol. The van der Waals surface area contributed by atoms with E-state index >= 15 is 0 Å². The van der Waals surface area contributed by atoms with Crippen LogP contribution in [0, 0.1) is 29.6 Å². The number of aromatic amines is 1. The van der Waals surface area contributed by atoms with Crippen LogP contribution in [-0.4, -0.2) is 69.9 Å². The van der Waals surface area contributed by atoms with Gasteiger partial charge in [-0.3, -0.25) is 14.4 Å². The van der Waals surface area contributed by atoms with Gasteiger partial charge in [0.1, 0.15) is 12.1 Å². The van der Waals surface area contributed by atoms with Crippen LogP contribution in [0.5, 0.6) is 0 Å². The third-order valence-corrected chi connectivity index (χ3v) is 11.0. The van der Waals surface area contributed by atoms with Crippen LogP contribution in [0.2, 0.25) is 0 Å². The molecule has 1 aliphatic carbocycles. The molecular weight excluding hydrogens is 634 g/mol. The minimum atomic E-state index is -1.21. The number of carboxylic acids is 1. The number of rotatable bonds is 12. The molecule has 1 spiro atoms. The van der Waals surface area contributed by atoms with E-state index in [1.807, 2.05) is 52.0 Å². The zero-order valence-electron chi connectivity index (χ0n) is 28.9. The molecule has 2 amide bonds. The van der Waals surface area contributed by atoms with Gasteiger partial charge in [0.2, 0.25) is 23.9 Å². The summed E-state index contributed by atoms with van der Waals surface area (Å²) in [7, 11) is 0. The molecule has 5 fully saturated rings. The van der Waals surface area contributed by atoms with Crippen LogP contribution in [0.4, 0.5) is 0 Å². The van der Waals surface area contributed by atoms with Crippen molar-refractivity contribution < 1.29 is 48.3 Å². The summed E-state index contributed by atoms with van der Waals surface area (Å²) >= 11 is 0. The maximum Gasteiger partial charge on any atom is 0.326 e. The number of H-pyrrole nitrogens is 1. The Kier molecular flexibility index (Phi) is 10.1. The number of para-hydroxylation sites is 1. The van der Waals surface area contributed by atoms with Crippen molar-refractivity contribution in [3.63, 3.8) is 0 Å². The van der Waals surface area contributed by atoms with Crippen LogP contribution in [-0.2, 0) is 49.6 Å². The van der Waals surface area contributed by atoms with Crippen LogP contribution in [0.1, 0.15) is 85.1 Å². The molecule has 5 heterocycles. The Labute approximate surface area is 286 Å². The van der Waals surface area contributed by atoms with E-state index in [4.69, 9.17) is 24.0 Å². The SMILES string of the molecule is CC(C)C[C@H](NC(=O)CCC(=O)O[C@@H]1O[C@H]2O[C@]3(C)CC[C@H]4[C@H](C)CC[C@H]([C@H]1C)[C@@]24OO3)C(=O)N[C@@H](Cc1c[nH]c2ccccc12)C(=O)O. The Balaban J connectivity index is 1.05. The van der Waals surface area contributed by atoms with Crippen molar-refractivity contribution in [1.29, 1.82) is 0 Å². The van der Waals surface area contributed by atoms with Crippen molar-refractivity contribution in [2.24, 2.45) is 29.6 Å². The summed E-state index contributed by atoms with van der Waals surface area (Å²) in [6.45, 7) is 9.83. The molecule has 10 atom stereocenters. The fourth-order valence-electron chi connectivity index (χ4n) is 8.37. The number of amides is 2. The zero-order chi connectivity index (χ0) is 35.1. The van der Waals surface area contributed by atoms with Gasteiger partial charge >= 0.3 is 11.9 Å². The van der Waals surface area contributed by atoms with Gasteiger partial charge in [-0.05, 0) is 62.0 Å². The lowest BCUT2D eigenvalue weighted by Gasteiger charge is -2.59. The normalized spacial score (nSPS) is 33.3. The summed E-state index contributed by atoms with van der Waals surface area (Å²) in [5.41, 5.74) is 0.838. The molecule has 2 aromatic rings. The molecule has 5 aliphatic rings. The van der Waals surface area contributed by atoms with Crippen molar-refractivity contribution in [3.05, 3.63) is 36.0 Å². The van der Waals surface area contributed by atoms with Crippen molar-refractivity contribution >= 4 is 34.7 Å². The molecule has 0 unspecified atom stereocenters. The summed E-state index contributed by atoms with van der Waals surface area (Å²) in [5, 5.41) is 16.1. The third-order valence-electron chi connectivity index (χ3n) is 11.0. The highest BCUT2D eigenvalue weighted by Gasteiger charge is 2.69. The fourth-order valence-corrected chi connectivity index (χ4v) is 8.37. The summed E-state index contributed by atoms with van der Waals surface area (Å²) in [6, 6.07) is 5.32. The van der Waals surface area contributed by atoms with Gasteiger partial charge in [-0.2, -0.15) is 0 Å². The summed E-state index contributed by atoms with van der Waals surface area (Å²) < 4.78 is 18.5. The van der Waals surface area contributed by atoms with Crippen LogP contribution >= 0.6 is 0 Å². The number of hydrogen-bond acceptors (Lipinski definition) is 9. The summed E-state index contributed by atoms with van der Waals surface area (Å²) in [5.74, 6) is -3.50. The molecule has 4 N–H and O–H groups in total. The number of ether oxygens (including phenoxy) is 3. The second-order valence-electron chi connectivity index (χ2n) is 15.0. The van der Waals surface area contributed by atoms with E-state index < -0.39 is 59.8 Å². The highest BCUT2D eigenvalue weighted by atomic mass is 17.3. The highest BCUT2D eigenvalue weighted by Crippen LogP contribution is 2.60.